The van der Waals surface area contributed by atoms with Crippen LogP contribution in [0.25, 0.3) is 92.6 Å². The molecule has 0 unspecified atom stereocenters. The number of furan rings is 4. The number of aromatic nitrogens is 4. The fourth-order valence-electron chi connectivity index (χ4n) is 17.7. The zero-order chi connectivity index (χ0) is 80.4. The predicted molar refractivity (Wildman–Crippen MR) is 470 cm³/mol. The van der Waals surface area contributed by atoms with Crippen molar-refractivity contribution in [3.05, 3.63) is 304 Å². The quantitative estimate of drug-likeness (QED) is 0.139. The molecule has 20 nitrogen and oxygen atoms in total. The molecule has 15 heterocycles. The van der Waals surface area contributed by atoms with E-state index in [4.69, 9.17) is 36.7 Å². The molecule has 8 aromatic carbocycles. The summed E-state index contributed by atoms with van der Waals surface area (Å²) in [7, 11) is 0. The minimum absolute atomic E-state index is 0.00262. The first-order valence-electron chi connectivity index (χ1n) is 40.8. The Balaban J connectivity index is 0.000000101. The second-order valence-corrected chi connectivity index (χ2v) is 29.9. The summed E-state index contributed by atoms with van der Waals surface area (Å²) >= 11 is 0. The minimum Gasteiger partial charge on any atom is -0.455 e. The van der Waals surface area contributed by atoms with Gasteiger partial charge in [-0.2, -0.15) is 0 Å². The summed E-state index contributed by atoms with van der Waals surface area (Å²) in [6, 6.07) is 79.8. The highest BCUT2D eigenvalue weighted by Gasteiger charge is 2.45. The Morgan fingerprint density at radius 2 is 0.600 bits per heavy atom. The van der Waals surface area contributed by atoms with E-state index in [1.807, 2.05) is 152 Å². The van der Waals surface area contributed by atoms with E-state index in [1.54, 1.807) is 12.4 Å². The molecule has 0 fully saturated rings. The van der Waals surface area contributed by atoms with Gasteiger partial charge in [0.1, 0.15) is 52.7 Å². The first kappa shape index (κ1) is 66.9. The lowest BCUT2D eigenvalue weighted by atomic mass is 9.63. The number of nitrogens with zero attached hydrogens (tertiary/aromatic N) is 16. The van der Waals surface area contributed by atoms with Crippen LogP contribution in [0.4, 0.5) is 63.1 Å². The van der Waals surface area contributed by atoms with Crippen LogP contribution in [0.5, 0.6) is 0 Å². The molecule has 0 saturated heterocycles. The molecule has 562 valence electrons. The van der Waals surface area contributed by atoms with Gasteiger partial charge in [-0.05, 0) is 125 Å². The molecule has 0 N–H and O–H groups in total. The fourth-order valence-corrected chi connectivity index (χ4v) is 17.7. The van der Waals surface area contributed by atoms with Crippen LogP contribution in [0.2, 0.25) is 27.3 Å². The third-order valence-corrected chi connectivity index (χ3v) is 22.9. The highest BCUT2D eigenvalue weighted by molar-refractivity contribution is 6.72. The van der Waals surface area contributed by atoms with Crippen LogP contribution in [-0.2, 0) is 0 Å². The number of anilines is 11. The van der Waals surface area contributed by atoms with Gasteiger partial charge >= 0.3 is 27.4 Å². The Hall–Kier alpha value is -13.9. The lowest BCUT2D eigenvalue weighted by Crippen LogP contribution is -2.55. The van der Waals surface area contributed by atoms with E-state index in [0.717, 1.165) is 133 Å². The van der Waals surface area contributed by atoms with E-state index in [1.165, 1.54) is 15.3 Å². The molecule has 0 aliphatic carbocycles. The van der Waals surface area contributed by atoms with Crippen LogP contribution in [0.15, 0.2) is 279 Å². The zero-order valence-electron chi connectivity index (χ0n) is 67.9. The smallest absolute Gasteiger partial charge is 0.304 e. The van der Waals surface area contributed by atoms with E-state index in [2.05, 4.69) is 260 Å². The molecular weight excluding hydrogens is 1420 g/mol. The van der Waals surface area contributed by atoms with Crippen molar-refractivity contribution in [3.63, 3.8) is 0 Å². The van der Waals surface area contributed by atoms with Crippen LogP contribution in [0.1, 0.15) is 31.8 Å². The molecule has 115 heavy (non-hydrogen) atoms. The first-order chi connectivity index (χ1) is 57.5. The Bertz CT molecular complexity index is 6440. The standard InChI is InChI=1S/2C24H21BN4O.C23H20BN5O.C20H20BN3O/c1-17-28(18-9-4-3-5-10-18)24-21(12-8-14-26-24)29(17)27-16-23-20(15-25(27)2)19-11-6-7-13-22(19)30-23;1-17-28(18-9-4-3-5-10-18)21-12-8-14-26-24(21)29(17)27-16-23-20(15-25(27)2)19-11-6-7-13-22(19)30-23;1-16-28(17-8-4-3-5-9-17)22-23(26-13-12-25-22)29(16)27-15-21-19(14-24(27)2)18-10-6-7-11-20(18)30-21;1-14-22(3)17-9-5-6-10-18(17)24(14)23-13-20-16(12-21(23)2)15-8-4-7-11-19(15)25-20/h2*3-17H,1-2H3;3-16H,1-2H3;4-14H,1-3H3/t2*17-;16-;14-/m0000/s1/i;;;3D3. The maximum Gasteiger partial charge on any atom is 0.304 e. The highest BCUT2D eigenvalue weighted by atomic mass is 16.3. The van der Waals surface area contributed by atoms with Gasteiger partial charge in [0.2, 0.25) is 0 Å². The second kappa shape index (κ2) is 28.4. The van der Waals surface area contributed by atoms with E-state index in [0.29, 0.717) is 5.69 Å². The second-order valence-electron chi connectivity index (χ2n) is 29.9. The summed E-state index contributed by atoms with van der Waals surface area (Å²) in [4.78, 5) is 35.9. The Labute approximate surface area is 670 Å². The van der Waals surface area contributed by atoms with Gasteiger partial charge in [-0.25, -0.2) is 19.9 Å². The van der Waals surface area contributed by atoms with Crippen molar-refractivity contribution in [2.24, 2.45) is 0 Å². The molecule has 15 aromatic rings. The summed E-state index contributed by atoms with van der Waals surface area (Å²) in [6.45, 7) is 15.5. The SMILES string of the molecule is CB1C=c2c(oc3ccccc23)=CN1N1c2cccnc2N(c2ccccc2)[C@@H]1C.CB1C=c2c(oc3ccccc23)=CN1N1c2ncccc2N(c2ccccc2)[C@@H]1C.CB1C=c2c(oc3ccccc23)=CN1N1c2nccnc2N(c2ccccc2)[C@@H]1C.[2H]C([2H])([2H])N1c2ccccc2N(N2C=c3oc4ccccc4c3=CB2C)[C@H]1C. The first-order valence-corrected chi connectivity index (χ1v) is 39.3. The van der Waals surface area contributed by atoms with Gasteiger partial charge in [0.25, 0.3) is 0 Å². The molecule has 0 saturated carbocycles. The molecule has 0 radical (unpaired) electrons. The molecule has 7 aromatic heterocycles. The number of hydrogen-bond donors (Lipinski definition) is 0. The van der Waals surface area contributed by atoms with Crippen molar-refractivity contribution in [1.82, 2.24) is 39.6 Å². The monoisotopic (exact) mass is 1510 g/mol. The van der Waals surface area contributed by atoms with E-state index >= 15 is 0 Å². The topological polar surface area (TPSA) is 143 Å². The molecule has 24 heteroatoms. The zero-order valence-corrected chi connectivity index (χ0v) is 64.9. The predicted octanol–water partition coefficient (Wildman–Crippen LogP) is 13.3. The van der Waals surface area contributed by atoms with Crippen molar-refractivity contribution in [3.8, 4) is 0 Å². The number of pyridine rings is 2. The Morgan fingerprint density at radius 1 is 0.287 bits per heavy atom. The van der Waals surface area contributed by atoms with Crippen molar-refractivity contribution >= 4 is 183 Å². The third-order valence-electron chi connectivity index (χ3n) is 22.9. The van der Waals surface area contributed by atoms with Crippen molar-refractivity contribution in [2.75, 3.05) is 46.6 Å². The van der Waals surface area contributed by atoms with Crippen molar-refractivity contribution in [2.45, 2.75) is 79.7 Å². The largest absolute Gasteiger partial charge is 0.455 e. The van der Waals surface area contributed by atoms with Gasteiger partial charge in [-0.3, -0.25) is 20.0 Å². The van der Waals surface area contributed by atoms with Crippen molar-refractivity contribution < 1.29 is 21.8 Å². The normalized spacial score (nSPS) is 18.4. The van der Waals surface area contributed by atoms with Crippen LogP contribution >= 0.6 is 0 Å². The molecule has 0 spiro atoms. The summed E-state index contributed by atoms with van der Waals surface area (Å²) in [5, 5.41) is 18.0. The molecule has 8 aliphatic heterocycles. The van der Waals surface area contributed by atoms with Crippen LogP contribution in [0, 0.1) is 0 Å². The number of para-hydroxylation sites is 9. The average Bonchev–Trinajstić information content (AvgIpc) is 1.59. The number of benzene rings is 8. The molecule has 0 bridgehead atoms. The molecule has 4 atom stereocenters. The maximum atomic E-state index is 8.01. The number of fused-ring (bicyclic) bond motifs is 16. The third kappa shape index (κ3) is 11.8. The highest BCUT2D eigenvalue weighted by Crippen LogP contribution is 2.47. The van der Waals surface area contributed by atoms with Crippen LogP contribution < -0.4 is 82.2 Å². The molecular formula is C91H82B4N16O4. The number of rotatable bonds is 7. The summed E-state index contributed by atoms with van der Waals surface area (Å²) in [6.07, 6.45) is 15.3. The number of hydrazine groups is 4. The van der Waals surface area contributed by atoms with Crippen molar-refractivity contribution in [1.29, 1.82) is 0 Å². The average molecular weight is 1510 g/mol. The lowest BCUT2D eigenvalue weighted by molar-refractivity contribution is 0.479. The van der Waals surface area contributed by atoms with Gasteiger partial charge < -0.3 is 56.9 Å². The van der Waals surface area contributed by atoms with Gasteiger partial charge in [0, 0.05) is 95.4 Å². The van der Waals surface area contributed by atoms with Gasteiger partial charge in [0.15, 0.2) is 44.9 Å². The lowest BCUT2D eigenvalue weighted by Gasteiger charge is -2.40. The number of hydrogen-bond acceptors (Lipinski definition) is 20. The minimum atomic E-state index is -2.22. The molecule has 0 amide bonds. The fraction of sp³-hybridized carbons (Fsp3) is 0.143. The molecule has 23 rings (SSSR count). The molecule has 8 aliphatic rings. The Morgan fingerprint density at radius 3 is 1.04 bits per heavy atom. The van der Waals surface area contributed by atoms with Gasteiger partial charge in [0.05, 0.1) is 41.9 Å². The summed E-state index contributed by atoms with van der Waals surface area (Å²) in [5.41, 5.74) is 14.2. The van der Waals surface area contributed by atoms with Gasteiger partial charge in [-0.15, -0.1) is 0 Å². The summed E-state index contributed by atoms with van der Waals surface area (Å²) in [5.74, 6) is 12.6. The van der Waals surface area contributed by atoms with E-state index in [9.17, 15) is 0 Å². The van der Waals surface area contributed by atoms with Crippen LogP contribution in [-0.4, -0.2) is 98.6 Å². The van der Waals surface area contributed by atoms with E-state index in [-0.39, 0.29) is 52.1 Å². The Kier molecular flexibility index (Phi) is 16.5. The van der Waals surface area contributed by atoms with E-state index < -0.39 is 6.98 Å². The van der Waals surface area contributed by atoms with Gasteiger partial charge in [-0.1, -0.05) is 191 Å². The van der Waals surface area contributed by atoms with Crippen LogP contribution in [0.3, 0.4) is 0 Å². The maximum absolute atomic E-state index is 8.01. The summed E-state index contributed by atoms with van der Waals surface area (Å²) < 4.78 is 48.6.